The molecule has 152 valence electrons. The number of halogens is 1. The minimum absolute atomic E-state index is 0.0717. The van der Waals surface area contributed by atoms with E-state index in [0.717, 1.165) is 16.9 Å². The van der Waals surface area contributed by atoms with E-state index in [1.54, 1.807) is 62.4 Å². The van der Waals surface area contributed by atoms with Crippen LogP contribution in [0, 0.1) is 0 Å². The molecule has 0 radical (unpaired) electrons. The number of aryl methyl sites for hydroxylation is 1. The first-order chi connectivity index (χ1) is 13.8. The van der Waals surface area contributed by atoms with Crippen molar-refractivity contribution in [2.24, 2.45) is 0 Å². The molecule has 0 bridgehead atoms. The number of benzene rings is 2. The summed E-state index contributed by atoms with van der Waals surface area (Å²) >= 11 is 5.97. The second-order valence-electron chi connectivity index (χ2n) is 6.97. The maximum Gasteiger partial charge on any atom is 0.321 e. The Morgan fingerprint density at radius 3 is 2.55 bits per heavy atom. The highest BCUT2D eigenvalue weighted by Gasteiger charge is 2.17. The molecule has 0 fully saturated rings. The largest absolute Gasteiger partial charge is 0.345 e. The first-order valence-electron chi connectivity index (χ1n) is 9.28. The molecular weight excluding hydrogens is 390 g/mol. The number of rotatable bonds is 5. The van der Waals surface area contributed by atoms with Crippen LogP contribution in [-0.4, -0.2) is 52.4 Å². The third kappa shape index (κ3) is 4.51. The number of fused-ring (bicyclic) bond motifs is 1. The number of amides is 3. The van der Waals surface area contributed by atoms with Gasteiger partial charge in [0.15, 0.2) is 0 Å². The first kappa shape index (κ1) is 20.7. The molecule has 0 aliphatic heterocycles. The lowest BCUT2D eigenvalue weighted by molar-refractivity contribution is 0.0827. The fourth-order valence-corrected chi connectivity index (χ4v) is 3.30. The van der Waals surface area contributed by atoms with Crippen LogP contribution < -0.4 is 5.32 Å². The molecule has 2 aromatic carbocycles. The summed E-state index contributed by atoms with van der Waals surface area (Å²) in [4.78, 5) is 32.5. The number of carbonyl (C=O) groups is 2. The summed E-state index contributed by atoms with van der Waals surface area (Å²) in [5.41, 5.74) is 2.88. The monoisotopic (exact) mass is 413 g/mol. The summed E-state index contributed by atoms with van der Waals surface area (Å²) in [5, 5.41) is 3.38. The quantitative estimate of drug-likeness (QED) is 0.685. The summed E-state index contributed by atoms with van der Waals surface area (Å²) in [7, 11) is 5.15. The molecule has 0 saturated carbocycles. The zero-order valence-corrected chi connectivity index (χ0v) is 17.7. The summed E-state index contributed by atoms with van der Waals surface area (Å²) in [6, 6.07) is 12.2. The third-order valence-corrected chi connectivity index (χ3v) is 4.83. The molecule has 1 aromatic heterocycles. The lowest BCUT2D eigenvalue weighted by Gasteiger charge is -2.18. The Morgan fingerprint density at radius 1 is 1.14 bits per heavy atom. The van der Waals surface area contributed by atoms with E-state index in [9.17, 15) is 9.59 Å². The average Bonchev–Trinajstić information content (AvgIpc) is 3.03. The Hall–Kier alpha value is -3.06. The van der Waals surface area contributed by atoms with E-state index >= 15 is 0 Å². The minimum Gasteiger partial charge on any atom is -0.345 e. The molecule has 29 heavy (non-hydrogen) atoms. The molecule has 1 N–H and O–H groups in total. The van der Waals surface area contributed by atoms with Gasteiger partial charge in [0.1, 0.15) is 5.82 Å². The molecule has 0 atom stereocenters. The van der Waals surface area contributed by atoms with Gasteiger partial charge in [-0.05, 0) is 43.3 Å². The zero-order chi connectivity index (χ0) is 21.1. The number of imidazole rings is 1. The van der Waals surface area contributed by atoms with Crippen molar-refractivity contribution in [1.82, 2.24) is 19.4 Å². The van der Waals surface area contributed by atoms with Gasteiger partial charge in [-0.3, -0.25) is 4.79 Å². The zero-order valence-electron chi connectivity index (χ0n) is 16.9. The van der Waals surface area contributed by atoms with Crippen molar-refractivity contribution >= 4 is 40.3 Å². The molecule has 1 heterocycles. The second-order valence-corrected chi connectivity index (χ2v) is 7.41. The molecule has 0 aliphatic rings. The number of nitrogens with one attached hydrogen (secondary N) is 1. The maximum absolute atomic E-state index is 12.5. The predicted molar refractivity (Wildman–Crippen MR) is 115 cm³/mol. The van der Waals surface area contributed by atoms with E-state index in [0.29, 0.717) is 29.4 Å². The van der Waals surface area contributed by atoms with Gasteiger partial charge in [-0.2, -0.15) is 0 Å². The molecule has 0 unspecified atom stereocenters. The summed E-state index contributed by atoms with van der Waals surface area (Å²) in [5.74, 6) is 0.679. The van der Waals surface area contributed by atoms with Crippen molar-refractivity contribution in [1.29, 1.82) is 0 Å². The van der Waals surface area contributed by atoms with E-state index in [1.807, 2.05) is 17.6 Å². The summed E-state index contributed by atoms with van der Waals surface area (Å²) < 4.78 is 2.04. The van der Waals surface area contributed by atoms with Crippen molar-refractivity contribution in [2.45, 2.75) is 20.0 Å². The number of nitrogens with zero attached hydrogens (tertiary/aromatic N) is 4. The van der Waals surface area contributed by atoms with Crippen LogP contribution in [0.1, 0.15) is 23.1 Å². The number of carbonyl (C=O) groups excluding carboxylic acids is 2. The van der Waals surface area contributed by atoms with Crippen molar-refractivity contribution in [2.75, 3.05) is 26.5 Å². The number of hydrogen-bond donors (Lipinski definition) is 1. The van der Waals surface area contributed by atoms with Crippen LogP contribution in [-0.2, 0) is 13.1 Å². The molecule has 3 rings (SSSR count). The average molecular weight is 414 g/mol. The van der Waals surface area contributed by atoms with E-state index in [2.05, 4.69) is 10.3 Å². The normalized spacial score (nSPS) is 10.8. The van der Waals surface area contributed by atoms with Gasteiger partial charge < -0.3 is 19.7 Å². The van der Waals surface area contributed by atoms with Gasteiger partial charge in [-0.15, -0.1) is 0 Å². The van der Waals surface area contributed by atoms with Gasteiger partial charge >= 0.3 is 6.03 Å². The Labute approximate surface area is 174 Å². The molecular formula is C21H24ClN5O2. The fourth-order valence-electron chi connectivity index (χ4n) is 3.11. The van der Waals surface area contributed by atoms with Crippen molar-refractivity contribution < 1.29 is 9.59 Å². The highest BCUT2D eigenvalue weighted by molar-refractivity contribution is 6.30. The lowest BCUT2D eigenvalue weighted by atomic mass is 10.2. The molecule has 3 aromatic rings. The van der Waals surface area contributed by atoms with Crippen LogP contribution >= 0.6 is 11.6 Å². The van der Waals surface area contributed by atoms with E-state index < -0.39 is 0 Å². The number of anilines is 1. The predicted octanol–water partition coefficient (Wildman–Crippen LogP) is 4.08. The van der Waals surface area contributed by atoms with Gasteiger partial charge in [0, 0.05) is 44.0 Å². The van der Waals surface area contributed by atoms with Crippen LogP contribution in [0.15, 0.2) is 42.5 Å². The van der Waals surface area contributed by atoms with Crippen LogP contribution in [0.5, 0.6) is 0 Å². The van der Waals surface area contributed by atoms with Gasteiger partial charge in [0.25, 0.3) is 5.91 Å². The van der Waals surface area contributed by atoms with Crippen LogP contribution in [0.25, 0.3) is 11.0 Å². The highest BCUT2D eigenvalue weighted by atomic mass is 35.5. The molecule has 0 aliphatic carbocycles. The lowest BCUT2D eigenvalue weighted by Crippen LogP contribution is -2.31. The molecule has 7 nitrogen and oxygen atoms in total. The van der Waals surface area contributed by atoms with Gasteiger partial charge in [-0.25, -0.2) is 9.78 Å². The van der Waals surface area contributed by atoms with Crippen molar-refractivity contribution in [3.63, 3.8) is 0 Å². The Balaban J connectivity index is 1.82. The second kappa shape index (κ2) is 8.53. The van der Waals surface area contributed by atoms with Gasteiger partial charge in [-0.1, -0.05) is 17.7 Å². The standard InChI is InChI=1S/C21H24ClN5O2/c1-5-27-18-10-9-14(20(28)25(2)3)11-17(18)24-19(27)13-26(4)21(29)23-16-8-6-7-15(22)12-16/h6-12H,5,13H2,1-4H3,(H,23,29). The first-order valence-corrected chi connectivity index (χ1v) is 9.66. The van der Waals surface area contributed by atoms with Crippen LogP contribution in [0.2, 0.25) is 5.02 Å². The molecule has 0 saturated heterocycles. The number of hydrogen-bond acceptors (Lipinski definition) is 3. The van der Waals surface area contributed by atoms with E-state index in [4.69, 9.17) is 11.6 Å². The summed E-state index contributed by atoms with van der Waals surface area (Å²) in [6.45, 7) is 3.05. The van der Waals surface area contributed by atoms with Crippen molar-refractivity contribution in [3.8, 4) is 0 Å². The smallest absolute Gasteiger partial charge is 0.321 e. The fraction of sp³-hybridized carbons (Fsp3) is 0.286. The van der Waals surface area contributed by atoms with Crippen LogP contribution in [0.4, 0.5) is 10.5 Å². The molecule has 0 spiro atoms. The topological polar surface area (TPSA) is 70.5 Å². The van der Waals surface area contributed by atoms with Gasteiger partial charge in [0.2, 0.25) is 0 Å². The van der Waals surface area contributed by atoms with E-state index in [-0.39, 0.29) is 11.9 Å². The van der Waals surface area contributed by atoms with Gasteiger partial charge in [0.05, 0.1) is 17.6 Å². The third-order valence-electron chi connectivity index (χ3n) is 4.60. The Morgan fingerprint density at radius 2 is 1.90 bits per heavy atom. The Bertz CT molecular complexity index is 1060. The number of aromatic nitrogens is 2. The number of urea groups is 1. The van der Waals surface area contributed by atoms with Crippen molar-refractivity contribution in [3.05, 3.63) is 58.9 Å². The minimum atomic E-state index is -0.259. The van der Waals surface area contributed by atoms with Crippen LogP contribution in [0.3, 0.4) is 0 Å². The van der Waals surface area contributed by atoms with E-state index in [1.165, 1.54) is 4.90 Å². The summed E-state index contributed by atoms with van der Waals surface area (Å²) in [6.07, 6.45) is 0. The maximum atomic E-state index is 12.5. The molecule has 8 heteroatoms. The molecule has 3 amide bonds. The highest BCUT2D eigenvalue weighted by Crippen LogP contribution is 2.20. The Kier molecular flexibility index (Phi) is 6.08. The SMILES string of the molecule is CCn1c(CN(C)C(=O)Nc2cccc(Cl)c2)nc2cc(C(=O)N(C)C)ccc21.